The number of hydrogen-bond donors (Lipinski definition) is 3. The van der Waals surface area contributed by atoms with Gasteiger partial charge in [-0.15, -0.1) is 0 Å². The smallest absolute Gasteiger partial charge is 0.407 e. The molecule has 0 saturated heterocycles. The minimum absolute atomic E-state index is 0.0357. The average Bonchev–Trinajstić information content (AvgIpc) is 3.09. The molecule has 8 heteroatoms. The van der Waals surface area contributed by atoms with Crippen molar-refractivity contribution in [2.75, 3.05) is 19.8 Å². The highest BCUT2D eigenvalue weighted by atomic mass is 16.5. The predicted octanol–water partition coefficient (Wildman–Crippen LogP) is 3.30. The fourth-order valence-corrected chi connectivity index (χ4v) is 4.09. The number of amides is 2. The number of rotatable bonds is 11. The molecule has 2 aromatic rings. The standard InChI is InChI=1S/C25H30N2O6/c1-3-32-17(13-24(29)30)14-26-23(28)12-16(2)27-25(31)33-15-22-20-10-6-4-8-18(20)19-9-5-7-11-21(19)22/h4-11,16-17,22H,3,12-15H2,1-2H3,(H,26,28)(H,27,31)(H,29,30)/t16-,17?/m1/s1. The summed E-state index contributed by atoms with van der Waals surface area (Å²) in [6.45, 7) is 4.11. The van der Waals surface area contributed by atoms with Crippen LogP contribution in [0, 0.1) is 0 Å². The SMILES string of the molecule is CCOC(CNC(=O)C[C@@H](C)NC(=O)OCC1c2ccccc2-c2ccccc21)CC(=O)O. The highest BCUT2D eigenvalue weighted by Gasteiger charge is 2.29. The summed E-state index contributed by atoms with van der Waals surface area (Å²) in [4.78, 5) is 35.4. The Labute approximate surface area is 193 Å². The van der Waals surface area contributed by atoms with Gasteiger partial charge in [0.2, 0.25) is 5.91 Å². The van der Waals surface area contributed by atoms with Crippen molar-refractivity contribution < 1.29 is 29.0 Å². The summed E-state index contributed by atoms with van der Waals surface area (Å²) in [5.41, 5.74) is 4.56. The summed E-state index contributed by atoms with van der Waals surface area (Å²) in [5, 5.41) is 14.2. The molecule has 0 fully saturated rings. The van der Waals surface area contributed by atoms with Crippen LogP contribution < -0.4 is 10.6 Å². The molecular formula is C25H30N2O6. The van der Waals surface area contributed by atoms with E-state index >= 15 is 0 Å². The average molecular weight is 455 g/mol. The third-order valence-corrected chi connectivity index (χ3v) is 5.53. The molecular weight excluding hydrogens is 424 g/mol. The molecule has 8 nitrogen and oxygen atoms in total. The van der Waals surface area contributed by atoms with E-state index in [9.17, 15) is 14.4 Å². The molecule has 0 spiro atoms. The van der Waals surface area contributed by atoms with E-state index < -0.39 is 24.2 Å². The molecule has 0 aliphatic heterocycles. The van der Waals surface area contributed by atoms with Gasteiger partial charge in [0.05, 0.1) is 12.5 Å². The van der Waals surface area contributed by atoms with Gasteiger partial charge in [-0.05, 0) is 36.1 Å². The number of benzene rings is 2. The zero-order valence-corrected chi connectivity index (χ0v) is 18.9. The van der Waals surface area contributed by atoms with E-state index in [1.54, 1.807) is 13.8 Å². The minimum atomic E-state index is -0.993. The Balaban J connectivity index is 1.46. The maximum absolute atomic E-state index is 12.3. The first-order valence-electron chi connectivity index (χ1n) is 11.1. The Morgan fingerprint density at radius 3 is 2.18 bits per heavy atom. The number of nitrogens with one attached hydrogen (secondary N) is 2. The molecule has 0 radical (unpaired) electrons. The summed E-state index contributed by atoms with van der Waals surface area (Å²) < 4.78 is 10.8. The Morgan fingerprint density at radius 1 is 1.00 bits per heavy atom. The number of hydrogen-bond acceptors (Lipinski definition) is 5. The van der Waals surface area contributed by atoms with Crippen molar-refractivity contribution in [3.63, 3.8) is 0 Å². The van der Waals surface area contributed by atoms with Crippen LogP contribution >= 0.6 is 0 Å². The third kappa shape index (κ3) is 6.55. The Kier molecular flexibility index (Phi) is 8.43. The van der Waals surface area contributed by atoms with Crippen LogP contribution in [0.5, 0.6) is 0 Å². The van der Waals surface area contributed by atoms with Crippen molar-refractivity contribution >= 4 is 18.0 Å². The Hall–Kier alpha value is -3.39. The summed E-state index contributed by atoms with van der Waals surface area (Å²) in [6.07, 6.45) is -1.34. The molecule has 3 N–H and O–H groups in total. The van der Waals surface area contributed by atoms with Crippen LogP contribution in [0.1, 0.15) is 43.7 Å². The number of carbonyl (C=O) groups is 3. The van der Waals surface area contributed by atoms with E-state index in [1.165, 1.54) is 0 Å². The van der Waals surface area contributed by atoms with Gasteiger partial charge in [0.15, 0.2) is 0 Å². The van der Waals surface area contributed by atoms with Crippen LogP contribution in [0.25, 0.3) is 11.1 Å². The fourth-order valence-electron chi connectivity index (χ4n) is 4.09. The first-order chi connectivity index (χ1) is 15.9. The van der Waals surface area contributed by atoms with Gasteiger partial charge in [0.25, 0.3) is 0 Å². The largest absolute Gasteiger partial charge is 0.481 e. The minimum Gasteiger partial charge on any atom is -0.481 e. The van der Waals surface area contributed by atoms with Crippen LogP contribution in [0.3, 0.4) is 0 Å². The molecule has 0 bridgehead atoms. The second-order valence-electron chi connectivity index (χ2n) is 8.05. The summed E-state index contributed by atoms with van der Waals surface area (Å²) >= 11 is 0. The lowest BCUT2D eigenvalue weighted by molar-refractivity contribution is -0.140. The summed E-state index contributed by atoms with van der Waals surface area (Å²) in [7, 11) is 0. The second kappa shape index (κ2) is 11.5. The van der Waals surface area contributed by atoms with Crippen LogP contribution in [0.2, 0.25) is 0 Å². The number of fused-ring (bicyclic) bond motifs is 3. The number of carbonyl (C=O) groups excluding carboxylic acids is 2. The van der Waals surface area contributed by atoms with E-state index in [1.807, 2.05) is 36.4 Å². The van der Waals surface area contributed by atoms with Gasteiger partial charge in [-0.3, -0.25) is 9.59 Å². The van der Waals surface area contributed by atoms with Gasteiger partial charge >= 0.3 is 12.1 Å². The second-order valence-corrected chi connectivity index (χ2v) is 8.05. The van der Waals surface area contributed by atoms with Gasteiger partial charge in [-0.1, -0.05) is 48.5 Å². The van der Waals surface area contributed by atoms with Gasteiger partial charge in [0, 0.05) is 31.5 Å². The quantitative estimate of drug-likeness (QED) is 0.480. The molecule has 3 rings (SSSR count). The first-order valence-corrected chi connectivity index (χ1v) is 11.1. The summed E-state index contributed by atoms with van der Waals surface area (Å²) in [5.74, 6) is -1.34. The maximum atomic E-state index is 12.3. The molecule has 33 heavy (non-hydrogen) atoms. The number of carboxylic acids is 1. The van der Waals surface area contributed by atoms with Crippen molar-refractivity contribution in [3.05, 3.63) is 59.7 Å². The zero-order valence-electron chi connectivity index (χ0n) is 18.9. The molecule has 2 atom stereocenters. The van der Waals surface area contributed by atoms with E-state index in [4.69, 9.17) is 14.6 Å². The lowest BCUT2D eigenvalue weighted by atomic mass is 9.98. The van der Waals surface area contributed by atoms with E-state index in [0.29, 0.717) is 6.61 Å². The zero-order chi connectivity index (χ0) is 23.8. The number of aliphatic carboxylic acids is 1. The molecule has 0 saturated carbocycles. The lowest BCUT2D eigenvalue weighted by Gasteiger charge is -2.18. The lowest BCUT2D eigenvalue weighted by Crippen LogP contribution is -2.40. The molecule has 0 heterocycles. The maximum Gasteiger partial charge on any atom is 0.407 e. The highest BCUT2D eigenvalue weighted by Crippen LogP contribution is 2.44. The third-order valence-electron chi connectivity index (χ3n) is 5.53. The molecule has 1 unspecified atom stereocenters. The molecule has 2 aromatic carbocycles. The van der Waals surface area contributed by atoms with Gasteiger partial charge < -0.3 is 25.2 Å². The number of alkyl carbamates (subject to hydrolysis) is 1. The number of carboxylic acid groups (broad SMARTS) is 1. The highest BCUT2D eigenvalue weighted by molar-refractivity contribution is 5.79. The summed E-state index contributed by atoms with van der Waals surface area (Å²) in [6, 6.07) is 15.7. The predicted molar refractivity (Wildman–Crippen MR) is 123 cm³/mol. The van der Waals surface area contributed by atoms with Crippen LogP contribution in [-0.2, 0) is 19.1 Å². The monoisotopic (exact) mass is 454 g/mol. The van der Waals surface area contributed by atoms with Crippen LogP contribution in [-0.4, -0.2) is 55.0 Å². The van der Waals surface area contributed by atoms with Crippen LogP contribution in [0.15, 0.2) is 48.5 Å². The van der Waals surface area contributed by atoms with Crippen molar-refractivity contribution in [2.24, 2.45) is 0 Å². The van der Waals surface area contributed by atoms with Gasteiger partial charge in [0.1, 0.15) is 6.61 Å². The van der Waals surface area contributed by atoms with Crippen molar-refractivity contribution in [1.29, 1.82) is 0 Å². The molecule has 176 valence electrons. The van der Waals surface area contributed by atoms with Gasteiger partial charge in [-0.2, -0.15) is 0 Å². The molecule has 0 aromatic heterocycles. The van der Waals surface area contributed by atoms with Gasteiger partial charge in [-0.25, -0.2) is 4.79 Å². The normalized spacial score (nSPS) is 14.0. The Morgan fingerprint density at radius 2 is 1.61 bits per heavy atom. The topological polar surface area (TPSA) is 114 Å². The first kappa shape index (κ1) is 24.3. The molecule has 2 amide bonds. The van der Waals surface area contributed by atoms with Crippen LogP contribution in [0.4, 0.5) is 4.79 Å². The molecule has 1 aliphatic carbocycles. The van der Waals surface area contributed by atoms with Crippen molar-refractivity contribution in [2.45, 2.75) is 44.8 Å². The Bertz CT molecular complexity index is 947. The van der Waals surface area contributed by atoms with E-state index in [2.05, 4.69) is 22.8 Å². The molecule has 1 aliphatic rings. The van der Waals surface area contributed by atoms with Crippen molar-refractivity contribution in [1.82, 2.24) is 10.6 Å². The van der Waals surface area contributed by atoms with E-state index in [-0.39, 0.29) is 37.8 Å². The fraction of sp³-hybridized carbons (Fsp3) is 0.400. The van der Waals surface area contributed by atoms with E-state index in [0.717, 1.165) is 22.3 Å². The number of ether oxygens (including phenoxy) is 2. The van der Waals surface area contributed by atoms with Crippen molar-refractivity contribution in [3.8, 4) is 11.1 Å².